The first-order valence-electron chi connectivity index (χ1n) is 22.5. The maximum Gasteiger partial charge on any atom is 0.137 e. The summed E-state index contributed by atoms with van der Waals surface area (Å²) in [7, 11) is 2.21. The van der Waals surface area contributed by atoms with Crippen molar-refractivity contribution in [2.45, 2.75) is 97.8 Å². The van der Waals surface area contributed by atoms with Crippen molar-refractivity contribution >= 4 is 55.9 Å². The topological polar surface area (TPSA) is 27.5 Å². The molecule has 0 fully saturated rings. The highest BCUT2D eigenvalue weighted by Gasteiger charge is 2.32. The second-order valence-corrected chi connectivity index (χ2v) is 21.2. The molecule has 1 aliphatic rings. The molecule has 6 aromatic carbocycles. The van der Waals surface area contributed by atoms with Crippen molar-refractivity contribution in [3.05, 3.63) is 180 Å². The van der Waals surface area contributed by atoms with Crippen molar-refractivity contribution in [1.82, 2.24) is 9.55 Å². The third-order valence-electron chi connectivity index (χ3n) is 13.4. The SMILES string of the molecule is CN(c1cc(N2CN(c3cc(C(C)(C)C)cc(C(C)(C)C)c3)c3ccccc32)cc(C(C)(C)C)c1)c1ccc2c3ccccc3n(-c3cc(C(C)(C)c4ccccc4)ccn3)c2c1. The van der Waals surface area contributed by atoms with Crippen LogP contribution in [0.5, 0.6) is 0 Å². The van der Waals surface area contributed by atoms with Gasteiger partial charge in [-0.2, -0.15) is 0 Å². The van der Waals surface area contributed by atoms with Crippen LogP contribution in [-0.2, 0) is 21.7 Å². The molecule has 0 amide bonds. The lowest BCUT2D eigenvalue weighted by molar-refractivity contribution is 0.568. The van der Waals surface area contributed by atoms with Crippen LogP contribution in [0.3, 0.4) is 0 Å². The third kappa shape index (κ3) is 7.66. The van der Waals surface area contributed by atoms with E-state index in [-0.39, 0.29) is 21.7 Å². The molecule has 5 nitrogen and oxygen atoms in total. The Labute approximate surface area is 375 Å². The summed E-state index contributed by atoms with van der Waals surface area (Å²) in [6, 6.07) is 54.1. The molecule has 3 heterocycles. The normalized spacial score (nSPS) is 13.6. The van der Waals surface area contributed by atoms with E-state index in [4.69, 9.17) is 4.98 Å². The van der Waals surface area contributed by atoms with Crippen LogP contribution in [0.1, 0.15) is 104 Å². The van der Waals surface area contributed by atoms with Gasteiger partial charge in [0, 0.05) is 52.2 Å². The van der Waals surface area contributed by atoms with Crippen LogP contribution >= 0.6 is 0 Å². The molecule has 0 N–H and O–H groups in total. The van der Waals surface area contributed by atoms with E-state index in [9.17, 15) is 0 Å². The van der Waals surface area contributed by atoms with Crippen LogP contribution in [-0.4, -0.2) is 23.3 Å². The minimum atomic E-state index is -0.197. The first kappa shape index (κ1) is 42.0. The Bertz CT molecular complexity index is 2950. The van der Waals surface area contributed by atoms with Crippen LogP contribution in [0.4, 0.5) is 34.1 Å². The molecule has 0 spiro atoms. The number of benzene rings is 6. The number of anilines is 6. The number of hydrogen-bond acceptors (Lipinski definition) is 4. The second kappa shape index (κ2) is 15.2. The van der Waals surface area contributed by atoms with E-state index < -0.39 is 0 Å². The summed E-state index contributed by atoms with van der Waals surface area (Å²) in [5.41, 5.74) is 15.7. The Balaban J connectivity index is 1.14. The summed E-state index contributed by atoms with van der Waals surface area (Å²) >= 11 is 0. The molecular weight excluding hydrogens is 767 g/mol. The average molecular weight is 830 g/mol. The highest BCUT2D eigenvalue weighted by atomic mass is 15.4. The fourth-order valence-electron chi connectivity index (χ4n) is 9.18. The number of para-hydroxylation sites is 3. The zero-order valence-corrected chi connectivity index (χ0v) is 39.4. The summed E-state index contributed by atoms with van der Waals surface area (Å²) in [5, 5.41) is 2.42. The minimum Gasteiger partial charge on any atom is -0.344 e. The number of aromatic nitrogens is 2. The van der Waals surface area contributed by atoms with Crippen molar-refractivity contribution in [2.24, 2.45) is 0 Å². The predicted molar refractivity (Wildman–Crippen MR) is 270 cm³/mol. The molecule has 0 atom stereocenters. The molecule has 0 bridgehead atoms. The molecule has 63 heavy (non-hydrogen) atoms. The number of pyridine rings is 1. The Morgan fingerprint density at radius 3 is 1.60 bits per heavy atom. The summed E-state index contributed by atoms with van der Waals surface area (Å²) in [5.74, 6) is 0.916. The van der Waals surface area contributed by atoms with Crippen molar-refractivity contribution in [3.63, 3.8) is 0 Å². The van der Waals surface area contributed by atoms with Gasteiger partial charge in [-0.1, -0.05) is 149 Å². The van der Waals surface area contributed by atoms with E-state index in [1.54, 1.807) is 0 Å². The Morgan fingerprint density at radius 1 is 0.444 bits per heavy atom. The number of hydrogen-bond donors (Lipinski definition) is 0. The van der Waals surface area contributed by atoms with Crippen LogP contribution in [0.2, 0.25) is 0 Å². The smallest absolute Gasteiger partial charge is 0.137 e. The zero-order chi connectivity index (χ0) is 44.6. The number of rotatable bonds is 7. The molecule has 0 saturated carbocycles. The quantitative estimate of drug-likeness (QED) is 0.160. The molecule has 2 aromatic heterocycles. The van der Waals surface area contributed by atoms with Crippen LogP contribution < -0.4 is 14.7 Å². The molecule has 0 radical (unpaired) electrons. The van der Waals surface area contributed by atoms with Crippen LogP contribution in [0.25, 0.3) is 27.6 Å². The Morgan fingerprint density at radius 2 is 0.984 bits per heavy atom. The molecule has 0 aliphatic carbocycles. The van der Waals surface area contributed by atoms with Gasteiger partial charge in [0.05, 0.1) is 22.4 Å². The maximum atomic E-state index is 5.04. The lowest BCUT2D eigenvalue weighted by atomic mass is 9.78. The molecule has 5 heteroatoms. The van der Waals surface area contributed by atoms with Gasteiger partial charge in [-0.25, -0.2) is 4.98 Å². The van der Waals surface area contributed by atoms with E-state index in [1.165, 1.54) is 61.3 Å². The fourth-order valence-corrected chi connectivity index (χ4v) is 9.18. The van der Waals surface area contributed by atoms with Gasteiger partial charge in [0.2, 0.25) is 0 Å². The van der Waals surface area contributed by atoms with Crippen molar-refractivity contribution in [3.8, 4) is 5.82 Å². The monoisotopic (exact) mass is 830 g/mol. The van der Waals surface area contributed by atoms with Crippen molar-refractivity contribution in [2.75, 3.05) is 28.4 Å². The highest BCUT2D eigenvalue weighted by molar-refractivity contribution is 6.10. The lowest BCUT2D eigenvalue weighted by Crippen LogP contribution is -2.26. The predicted octanol–water partition coefficient (Wildman–Crippen LogP) is 15.4. The van der Waals surface area contributed by atoms with Gasteiger partial charge in [-0.3, -0.25) is 4.57 Å². The zero-order valence-electron chi connectivity index (χ0n) is 39.4. The summed E-state index contributed by atoms with van der Waals surface area (Å²) in [6.45, 7) is 26.2. The summed E-state index contributed by atoms with van der Waals surface area (Å²) in [6.07, 6.45) is 1.97. The molecule has 1 aliphatic heterocycles. The second-order valence-electron chi connectivity index (χ2n) is 21.2. The van der Waals surface area contributed by atoms with Crippen molar-refractivity contribution in [1.29, 1.82) is 0 Å². The van der Waals surface area contributed by atoms with Gasteiger partial charge in [-0.05, 0) is 117 Å². The molecule has 320 valence electrons. The van der Waals surface area contributed by atoms with Gasteiger partial charge >= 0.3 is 0 Å². The first-order valence-corrected chi connectivity index (χ1v) is 22.5. The lowest BCUT2D eigenvalue weighted by Gasteiger charge is -2.30. The molecule has 0 saturated heterocycles. The van der Waals surface area contributed by atoms with E-state index in [0.717, 1.165) is 28.2 Å². The Hall–Kier alpha value is -6.33. The van der Waals surface area contributed by atoms with E-state index in [2.05, 4.69) is 248 Å². The third-order valence-corrected chi connectivity index (χ3v) is 13.4. The van der Waals surface area contributed by atoms with Crippen LogP contribution in [0.15, 0.2) is 152 Å². The number of nitrogens with zero attached hydrogens (tertiary/aromatic N) is 5. The van der Waals surface area contributed by atoms with Crippen molar-refractivity contribution < 1.29 is 0 Å². The number of fused-ring (bicyclic) bond motifs is 4. The van der Waals surface area contributed by atoms with Gasteiger partial charge in [0.25, 0.3) is 0 Å². The van der Waals surface area contributed by atoms with Gasteiger partial charge < -0.3 is 14.7 Å². The van der Waals surface area contributed by atoms with Crippen LogP contribution in [0, 0.1) is 0 Å². The van der Waals surface area contributed by atoms with E-state index in [1.807, 2.05) is 6.20 Å². The molecule has 0 unspecified atom stereocenters. The van der Waals surface area contributed by atoms with Gasteiger partial charge in [0.15, 0.2) is 0 Å². The van der Waals surface area contributed by atoms with E-state index in [0.29, 0.717) is 6.67 Å². The standard InChI is InChI=1S/C58H63N5/c1-55(2,3)41-30-42(56(4,5)6)33-46(32-41)61-38-62(52-25-19-18-24-51(52)61)47-34-43(57(7,8)9)31-45(36-47)60(12)44-26-27-49-48-22-16-17-23-50(48)63(53(49)37-44)54-35-40(28-29-59-54)58(10,11)39-20-14-13-15-21-39/h13-37H,38H2,1-12H3. The van der Waals surface area contributed by atoms with E-state index >= 15 is 0 Å². The minimum absolute atomic E-state index is 0.0205. The Kier molecular flexibility index (Phi) is 10.1. The maximum absolute atomic E-state index is 5.04. The molecule has 9 rings (SSSR count). The average Bonchev–Trinajstić information content (AvgIpc) is 3.81. The highest BCUT2D eigenvalue weighted by Crippen LogP contribution is 2.48. The summed E-state index contributed by atoms with van der Waals surface area (Å²) in [4.78, 5) is 12.4. The fraction of sp³-hybridized carbons (Fsp3) is 0.293. The van der Waals surface area contributed by atoms with Gasteiger partial charge in [0.1, 0.15) is 12.5 Å². The van der Waals surface area contributed by atoms with Gasteiger partial charge in [-0.15, -0.1) is 0 Å². The molecular formula is C58H63N5. The largest absolute Gasteiger partial charge is 0.344 e. The first-order chi connectivity index (χ1) is 29.8. The molecule has 8 aromatic rings. The summed E-state index contributed by atoms with van der Waals surface area (Å²) < 4.78 is 2.35.